The summed E-state index contributed by atoms with van der Waals surface area (Å²) in [5.74, 6) is 0. The quantitative estimate of drug-likeness (QED) is 0.849. The highest BCUT2D eigenvalue weighted by atomic mass is 16.6. The topological polar surface area (TPSA) is 68.0 Å². The van der Waals surface area contributed by atoms with Gasteiger partial charge in [-0.1, -0.05) is 0 Å². The van der Waals surface area contributed by atoms with Crippen LogP contribution in [0, 0.1) is 0 Å². The molecule has 2 N–H and O–H groups in total. The van der Waals surface area contributed by atoms with E-state index in [0.29, 0.717) is 19.6 Å². The standard InChI is InChI=1S/C16H25N3O3/c1-16(2,3)22-15(20)18-9-10-19(14(11-18)21-4)13-7-5-12(17)6-8-13/h5-8,14H,9-11,17H2,1-4H3/t14-/m1/s1. The number of hydrogen-bond acceptors (Lipinski definition) is 5. The molecule has 0 spiro atoms. The van der Waals surface area contributed by atoms with Gasteiger partial charge in [-0.25, -0.2) is 4.79 Å². The van der Waals surface area contributed by atoms with Gasteiger partial charge in [0.1, 0.15) is 11.8 Å². The Kier molecular flexibility index (Phi) is 4.81. The van der Waals surface area contributed by atoms with E-state index < -0.39 is 5.60 Å². The normalized spacial score (nSPS) is 19.2. The van der Waals surface area contributed by atoms with E-state index >= 15 is 0 Å². The zero-order valence-corrected chi connectivity index (χ0v) is 13.7. The summed E-state index contributed by atoms with van der Waals surface area (Å²) in [5.41, 5.74) is 6.99. The largest absolute Gasteiger partial charge is 0.444 e. The van der Waals surface area contributed by atoms with Gasteiger partial charge < -0.3 is 25.0 Å². The fourth-order valence-electron chi connectivity index (χ4n) is 2.41. The summed E-state index contributed by atoms with van der Waals surface area (Å²) in [6.07, 6.45) is -0.503. The number of ether oxygens (including phenoxy) is 2. The number of nitrogen functional groups attached to an aromatic ring is 1. The van der Waals surface area contributed by atoms with E-state index in [-0.39, 0.29) is 12.3 Å². The van der Waals surface area contributed by atoms with Crippen molar-refractivity contribution in [2.45, 2.75) is 32.6 Å². The van der Waals surface area contributed by atoms with Gasteiger partial charge in [0.05, 0.1) is 6.54 Å². The first-order valence-electron chi connectivity index (χ1n) is 7.43. The molecule has 0 radical (unpaired) electrons. The molecule has 1 aliphatic rings. The molecule has 0 aliphatic carbocycles. The number of amides is 1. The van der Waals surface area contributed by atoms with Gasteiger partial charge in [0.25, 0.3) is 0 Å². The SMILES string of the molecule is CO[C@@H]1CN(C(=O)OC(C)(C)C)CCN1c1ccc(N)cc1. The number of carbonyl (C=O) groups excluding carboxylic acids is 1. The highest BCUT2D eigenvalue weighted by Crippen LogP contribution is 2.23. The van der Waals surface area contributed by atoms with Gasteiger partial charge >= 0.3 is 6.09 Å². The number of rotatable bonds is 2. The van der Waals surface area contributed by atoms with Gasteiger partial charge in [0, 0.05) is 31.6 Å². The smallest absolute Gasteiger partial charge is 0.410 e. The third-order valence-corrected chi connectivity index (χ3v) is 3.48. The molecule has 1 saturated heterocycles. The predicted octanol–water partition coefficient (Wildman–Crippen LogP) is 2.30. The fourth-order valence-corrected chi connectivity index (χ4v) is 2.41. The first kappa shape index (κ1) is 16.4. The van der Waals surface area contributed by atoms with Crippen molar-refractivity contribution >= 4 is 17.5 Å². The van der Waals surface area contributed by atoms with Crippen molar-refractivity contribution in [2.75, 3.05) is 37.4 Å². The Bertz CT molecular complexity index is 510. The third-order valence-electron chi connectivity index (χ3n) is 3.48. The van der Waals surface area contributed by atoms with Crippen LogP contribution in [-0.2, 0) is 9.47 Å². The molecule has 6 heteroatoms. The Hall–Kier alpha value is -1.95. The predicted molar refractivity (Wildman–Crippen MR) is 86.8 cm³/mol. The zero-order valence-electron chi connectivity index (χ0n) is 13.7. The van der Waals surface area contributed by atoms with Crippen LogP contribution in [0.5, 0.6) is 0 Å². The van der Waals surface area contributed by atoms with Crippen LogP contribution in [0.25, 0.3) is 0 Å². The molecule has 0 bridgehead atoms. The summed E-state index contributed by atoms with van der Waals surface area (Å²) in [6, 6.07) is 7.65. The number of piperazine rings is 1. The van der Waals surface area contributed by atoms with Crippen LogP contribution in [0.4, 0.5) is 16.2 Å². The second kappa shape index (κ2) is 6.44. The summed E-state index contributed by atoms with van der Waals surface area (Å²) in [7, 11) is 1.65. The molecule has 0 saturated carbocycles. The van der Waals surface area contributed by atoms with Crippen LogP contribution in [0.15, 0.2) is 24.3 Å². The van der Waals surface area contributed by atoms with Crippen LogP contribution < -0.4 is 10.6 Å². The molecule has 122 valence electrons. The monoisotopic (exact) mass is 307 g/mol. The molecule has 0 aromatic heterocycles. The minimum atomic E-state index is -0.492. The number of nitrogens with two attached hydrogens (primary N) is 1. The van der Waals surface area contributed by atoms with Gasteiger partial charge in [-0.05, 0) is 45.0 Å². The van der Waals surface area contributed by atoms with Crippen molar-refractivity contribution < 1.29 is 14.3 Å². The number of anilines is 2. The maximum atomic E-state index is 12.2. The van der Waals surface area contributed by atoms with Crippen LogP contribution in [0.1, 0.15) is 20.8 Å². The van der Waals surface area contributed by atoms with E-state index in [9.17, 15) is 4.79 Å². The fraction of sp³-hybridized carbons (Fsp3) is 0.562. The average molecular weight is 307 g/mol. The molecule has 1 heterocycles. The number of nitrogens with zero attached hydrogens (tertiary/aromatic N) is 2. The van der Waals surface area contributed by atoms with Crippen molar-refractivity contribution in [1.82, 2.24) is 4.90 Å². The van der Waals surface area contributed by atoms with Gasteiger partial charge in [-0.2, -0.15) is 0 Å². The Balaban J connectivity index is 2.05. The second-order valence-corrected chi connectivity index (χ2v) is 6.40. The van der Waals surface area contributed by atoms with Crippen molar-refractivity contribution in [3.63, 3.8) is 0 Å². The van der Waals surface area contributed by atoms with Gasteiger partial charge in [0.2, 0.25) is 0 Å². The molecular weight excluding hydrogens is 282 g/mol. The molecular formula is C16H25N3O3. The Morgan fingerprint density at radius 2 is 1.86 bits per heavy atom. The Morgan fingerprint density at radius 1 is 1.23 bits per heavy atom. The van der Waals surface area contributed by atoms with Crippen molar-refractivity contribution in [3.05, 3.63) is 24.3 Å². The van der Waals surface area contributed by atoms with Crippen molar-refractivity contribution in [2.24, 2.45) is 0 Å². The first-order valence-corrected chi connectivity index (χ1v) is 7.43. The zero-order chi connectivity index (χ0) is 16.3. The minimum Gasteiger partial charge on any atom is -0.444 e. The van der Waals surface area contributed by atoms with Crippen molar-refractivity contribution in [3.8, 4) is 0 Å². The van der Waals surface area contributed by atoms with Crippen LogP contribution in [0.2, 0.25) is 0 Å². The summed E-state index contributed by atoms with van der Waals surface area (Å²) in [4.78, 5) is 16.0. The second-order valence-electron chi connectivity index (χ2n) is 6.40. The van der Waals surface area contributed by atoms with E-state index in [1.165, 1.54) is 0 Å². The van der Waals surface area contributed by atoms with Crippen LogP contribution >= 0.6 is 0 Å². The number of hydrogen-bond donors (Lipinski definition) is 1. The molecule has 6 nitrogen and oxygen atoms in total. The summed E-state index contributed by atoms with van der Waals surface area (Å²) in [5, 5.41) is 0. The molecule has 0 unspecified atom stereocenters. The maximum Gasteiger partial charge on any atom is 0.410 e. The van der Waals surface area contributed by atoms with Gasteiger partial charge in [0.15, 0.2) is 0 Å². The van der Waals surface area contributed by atoms with E-state index in [0.717, 1.165) is 11.4 Å². The molecule has 1 aromatic carbocycles. The molecule has 1 amide bonds. The minimum absolute atomic E-state index is 0.204. The lowest BCUT2D eigenvalue weighted by Gasteiger charge is -2.41. The number of benzene rings is 1. The van der Waals surface area contributed by atoms with Crippen LogP contribution in [0.3, 0.4) is 0 Å². The Labute approximate surface area is 131 Å². The molecule has 1 aromatic rings. The van der Waals surface area contributed by atoms with E-state index in [1.807, 2.05) is 45.0 Å². The number of carbonyl (C=O) groups is 1. The van der Waals surface area contributed by atoms with E-state index in [2.05, 4.69) is 4.90 Å². The average Bonchev–Trinajstić information content (AvgIpc) is 2.45. The molecule has 2 rings (SSSR count). The summed E-state index contributed by atoms with van der Waals surface area (Å²) in [6.45, 7) is 7.34. The molecule has 22 heavy (non-hydrogen) atoms. The highest BCUT2D eigenvalue weighted by Gasteiger charge is 2.32. The third kappa shape index (κ3) is 4.04. The molecule has 1 atom stereocenters. The van der Waals surface area contributed by atoms with Gasteiger partial charge in [-0.3, -0.25) is 0 Å². The lowest BCUT2D eigenvalue weighted by molar-refractivity contribution is -0.00174. The Morgan fingerprint density at radius 3 is 2.41 bits per heavy atom. The molecule has 1 fully saturated rings. The first-order chi connectivity index (χ1) is 10.3. The van der Waals surface area contributed by atoms with E-state index in [1.54, 1.807) is 12.0 Å². The summed E-state index contributed by atoms with van der Waals surface area (Å²) >= 11 is 0. The molecule has 1 aliphatic heterocycles. The summed E-state index contributed by atoms with van der Waals surface area (Å²) < 4.78 is 11.0. The number of methoxy groups -OCH3 is 1. The van der Waals surface area contributed by atoms with Crippen LogP contribution in [-0.4, -0.2) is 49.6 Å². The van der Waals surface area contributed by atoms with Gasteiger partial charge in [-0.15, -0.1) is 0 Å². The lowest BCUT2D eigenvalue weighted by Crippen LogP contribution is -2.56. The lowest BCUT2D eigenvalue weighted by atomic mass is 10.2. The van der Waals surface area contributed by atoms with E-state index in [4.69, 9.17) is 15.2 Å². The maximum absolute atomic E-state index is 12.2. The highest BCUT2D eigenvalue weighted by molar-refractivity contribution is 5.69. The van der Waals surface area contributed by atoms with Crippen molar-refractivity contribution in [1.29, 1.82) is 0 Å².